The third kappa shape index (κ3) is 7.58. The summed E-state index contributed by atoms with van der Waals surface area (Å²) >= 11 is 0. The Morgan fingerprint density at radius 2 is 1.90 bits per heavy atom. The van der Waals surface area contributed by atoms with Crippen molar-refractivity contribution >= 4 is 29.4 Å². The zero-order valence-electron chi connectivity index (χ0n) is 18.3. The van der Waals surface area contributed by atoms with Crippen molar-refractivity contribution in [3.8, 4) is 0 Å². The van der Waals surface area contributed by atoms with E-state index in [9.17, 15) is 19.2 Å². The number of anilines is 1. The van der Waals surface area contributed by atoms with Gasteiger partial charge < -0.3 is 25.0 Å². The number of hydrogen-bond acceptors (Lipinski definition) is 7. The first-order valence-corrected chi connectivity index (χ1v) is 10.6. The quantitative estimate of drug-likeness (QED) is 0.539. The lowest BCUT2D eigenvalue weighted by Gasteiger charge is -2.34. The van der Waals surface area contributed by atoms with Crippen molar-refractivity contribution in [2.75, 3.05) is 38.2 Å². The molecule has 1 saturated heterocycles. The molecule has 1 fully saturated rings. The van der Waals surface area contributed by atoms with E-state index < -0.39 is 18.0 Å². The Labute approximate surface area is 182 Å². The predicted molar refractivity (Wildman–Crippen MR) is 114 cm³/mol. The molecular weight excluding hydrogens is 402 g/mol. The number of amides is 2. The summed E-state index contributed by atoms with van der Waals surface area (Å²) < 4.78 is 10.2. The molecule has 1 atom stereocenters. The van der Waals surface area contributed by atoms with Crippen LogP contribution >= 0.6 is 0 Å². The molecule has 1 aliphatic heterocycles. The number of rotatable bonds is 10. The fourth-order valence-electron chi connectivity index (χ4n) is 2.97. The van der Waals surface area contributed by atoms with E-state index >= 15 is 0 Å². The second-order valence-electron chi connectivity index (χ2n) is 7.74. The van der Waals surface area contributed by atoms with Crippen LogP contribution in [0.2, 0.25) is 0 Å². The molecule has 2 rings (SSSR count). The zero-order valence-corrected chi connectivity index (χ0v) is 18.3. The van der Waals surface area contributed by atoms with Crippen LogP contribution in [-0.2, 0) is 23.9 Å². The largest absolute Gasteiger partial charge is 0.465 e. The first-order valence-electron chi connectivity index (χ1n) is 10.6. The van der Waals surface area contributed by atoms with Crippen LogP contribution in [0.3, 0.4) is 0 Å². The lowest BCUT2D eigenvalue weighted by Crippen LogP contribution is -2.58. The number of ether oxygens (including phenoxy) is 2. The lowest BCUT2D eigenvalue weighted by molar-refractivity contribution is -0.152. The van der Waals surface area contributed by atoms with Gasteiger partial charge in [0.25, 0.3) is 0 Å². The summed E-state index contributed by atoms with van der Waals surface area (Å²) in [4.78, 5) is 50.3. The van der Waals surface area contributed by atoms with E-state index in [-0.39, 0.29) is 37.3 Å². The first-order chi connectivity index (χ1) is 14.8. The lowest BCUT2D eigenvalue weighted by atomic mass is 10.1. The minimum atomic E-state index is -0.890. The average molecular weight is 434 g/mol. The van der Waals surface area contributed by atoms with Crippen LogP contribution in [0.4, 0.5) is 5.69 Å². The van der Waals surface area contributed by atoms with Gasteiger partial charge in [0.15, 0.2) is 0 Å². The highest BCUT2D eigenvalue weighted by Crippen LogP contribution is 2.14. The smallest absolute Gasteiger partial charge is 0.338 e. The fraction of sp³-hybridized carbons (Fsp3) is 0.545. The minimum absolute atomic E-state index is 0.0511. The maximum atomic E-state index is 12.7. The summed E-state index contributed by atoms with van der Waals surface area (Å²) in [6.07, 6.45) is 0.567. The monoisotopic (exact) mass is 433 g/mol. The summed E-state index contributed by atoms with van der Waals surface area (Å²) in [5.74, 6) is -1.38. The van der Waals surface area contributed by atoms with Gasteiger partial charge in [0.1, 0.15) is 6.04 Å². The van der Waals surface area contributed by atoms with Crippen molar-refractivity contribution in [1.29, 1.82) is 0 Å². The standard InChI is InChI=1S/C22H31N3O6/c1-4-11-30-22(29)16-5-7-17(8-6-16)24-13-19(26)25-10-9-23-21(28)18(25)12-20(27)31-14-15(2)3/h5-8,15,18,24H,4,9-14H2,1-3H3,(H,23,28). The topological polar surface area (TPSA) is 114 Å². The van der Waals surface area contributed by atoms with Crippen molar-refractivity contribution in [3.05, 3.63) is 29.8 Å². The Kier molecular flexibility index (Phi) is 9.30. The number of piperazine rings is 1. The molecule has 1 heterocycles. The Hall–Kier alpha value is -3.10. The van der Waals surface area contributed by atoms with Gasteiger partial charge >= 0.3 is 11.9 Å². The molecule has 31 heavy (non-hydrogen) atoms. The number of nitrogens with one attached hydrogen (secondary N) is 2. The Morgan fingerprint density at radius 3 is 2.55 bits per heavy atom. The summed E-state index contributed by atoms with van der Waals surface area (Å²) in [5.41, 5.74) is 1.08. The van der Waals surface area contributed by atoms with Gasteiger partial charge in [0, 0.05) is 18.8 Å². The van der Waals surface area contributed by atoms with Gasteiger partial charge in [-0.1, -0.05) is 20.8 Å². The molecule has 0 spiro atoms. The van der Waals surface area contributed by atoms with Gasteiger partial charge in [-0.15, -0.1) is 0 Å². The summed E-state index contributed by atoms with van der Waals surface area (Å²) in [5, 5.41) is 5.68. The van der Waals surface area contributed by atoms with Crippen LogP contribution in [0.15, 0.2) is 24.3 Å². The highest BCUT2D eigenvalue weighted by molar-refractivity contribution is 5.93. The number of carbonyl (C=O) groups is 4. The van der Waals surface area contributed by atoms with E-state index in [1.54, 1.807) is 24.3 Å². The zero-order chi connectivity index (χ0) is 22.8. The molecule has 0 bridgehead atoms. The molecule has 2 N–H and O–H groups in total. The van der Waals surface area contributed by atoms with E-state index in [2.05, 4.69) is 10.6 Å². The maximum absolute atomic E-state index is 12.7. The molecule has 1 aliphatic rings. The Morgan fingerprint density at radius 1 is 1.19 bits per heavy atom. The fourth-order valence-corrected chi connectivity index (χ4v) is 2.97. The second-order valence-corrected chi connectivity index (χ2v) is 7.74. The Balaban J connectivity index is 1.92. The molecule has 9 heteroatoms. The molecule has 170 valence electrons. The van der Waals surface area contributed by atoms with E-state index in [4.69, 9.17) is 9.47 Å². The van der Waals surface area contributed by atoms with Crippen LogP contribution in [0.5, 0.6) is 0 Å². The van der Waals surface area contributed by atoms with Crippen molar-refractivity contribution in [1.82, 2.24) is 10.2 Å². The van der Waals surface area contributed by atoms with Gasteiger partial charge in [0.2, 0.25) is 11.8 Å². The van der Waals surface area contributed by atoms with Gasteiger partial charge in [-0.05, 0) is 36.6 Å². The molecule has 9 nitrogen and oxygen atoms in total. The minimum Gasteiger partial charge on any atom is -0.465 e. The molecule has 0 aliphatic carbocycles. The molecule has 1 aromatic rings. The second kappa shape index (κ2) is 11.9. The van der Waals surface area contributed by atoms with Crippen LogP contribution in [0.25, 0.3) is 0 Å². The van der Waals surface area contributed by atoms with Crippen molar-refractivity contribution in [3.63, 3.8) is 0 Å². The SMILES string of the molecule is CCCOC(=O)c1ccc(NCC(=O)N2CCNC(=O)C2CC(=O)OCC(C)C)cc1. The molecule has 2 amide bonds. The number of esters is 2. The van der Waals surface area contributed by atoms with E-state index in [1.165, 1.54) is 4.90 Å². The normalized spacial score (nSPS) is 15.9. The van der Waals surface area contributed by atoms with Crippen LogP contribution in [0, 0.1) is 5.92 Å². The van der Waals surface area contributed by atoms with Crippen LogP contribution in [0.1, 0.15) is 44.0 Å². The first kappa shape index (κ1) is 24.2. The van der Waals surface area contributed by atoms with Gasteiger partial charge in [-0.2, -0.15) is 0 Å². The third-order valence-electron chi connectivity index (χ3n) is 4.59. The maximum Gasteiger partial charge on any atom is 0.338 e. The van der Waals surface area contributed by atoms with E-state index in [0.29, 0.717) is 30.9 Å². The average Bonchev–Trinajstić information content (AvgIpc) is 2.76. The van der Waals surface area contributed by atoms with Gasteiger partial charge in [0.05, 0.1) is 31.7 Å². The summed E-state index contributed by atoms with van der Waals surface area (Å²) in [6, 6.07) is 5.71. The number of benzene rings is 1. The highest BCUT2D eigenvalue weighted by Gasteiger charge is 2.35. The van der Waals surface area contributed by atoms with E-state index in [0.717, 1.165) is 6.42 Å². The predicted octanol–water partition coefficient (Wildman–Crippen LogP) is 1.58. The molecule has 0 saturated carbocycles. The summed E-state index contributed by atoms with van der Waals surface area (Å²) in [6.45, 7) is 6.99. The van der Waals surface area contributed by atoms with Gasteiger partial charge in [-0.25, -0.2) is 4.79 Å². The number of hydrogen-bond donors (Lipinski definition) is 2. The summed E-state index contributed by atoms with van der Waals surface area (Å²) in [7, 11) is 0. The highest BCUT2D eigenvalue weighted by atomic mass is 16.5. The molecule has 0 aromatic heterocycles. The number of nitrogens with zero attached hydrogens (tertiary/aromatic N) is 1. The molecule has 1 aromatic carbocycles. The van der Waals surface area contributed by atoms with E-state index in [1.807, 2.05) is 20.8 Å². The number of carbonyl (C=O) groups excluding carboxylic acids is 4. The Bertz CT molecular complexity index is 778. The molecule has 0 radical (unpaired) electrons. The van der Waals surface area contributed by atoms with Crippen molar-refractivity contribution in [2.45, 2.75) is 39.7 Å². The van der Waals surface area contributed by atoms with Crippen molar-refractivity contribution < 1.29 is 28.7 Å². The van der Waals surface area contributed by atoms with Gasteiger partial charge in [-0.3, -0.25) is 14.4 Å². The van der Waals surface area contributed by atoms with Crippen LogP contribution in [-0.4, -0.2) is 67.5 Å². The van der Waals surface area contributed by atoms with Crippen molar-refractivity contribution in [2.24, 2.45) is 5.92 Å². The third-order valence-corrected chi connectivity index (χ3v) is 4.59. The molecular formula is C22H31N3O6. The molecule has 1 unspecified atom stereocenters. The van der Waals surface area contributed by atoms with Crippen LogP contribution < -0.4 is 10.6 Å².